The predicted molar refractivity (Wildman–Crippen MR) is 153 cm³/mol. The van der Waals surface area contributed by atoms with Crippen LogP contribution in [-0.4, -0.2) is 34.8 Å². The zero-order valence-electron chi connectivity index (χ0n) is 22.7. The molecule has 1 N–H and O–H groups in total. The molecule has 1 aliphatic rings. The van der Waals surface area contributed by atoms with Crippen molar-refractivity contribution in [1.29, 1.82) is 0 Å². The summed E-state index contributed by atoms with van der Waals surface area (Å²) >= 11 is 1.37. The Morgan fingerprint density at radius 3 is 2.20 bits per heavy atom. The average Bonchev–Trinajstić information content (AvgIpc) is 3.44. The third kappa shape index (κ3) is 5.74. The summed E-state index contributed by atoms with van der Waals surface area (Å²) < 4.78 is 28.8. The van der Waals surface area contributed by atoms with Crippen molar-refractivity contribution in [2.45, 2.75) is 39.7 Å². The van der Waals surface area contributed by atoms with Crippen LogP contribution in [-0.2, 0) is 6.42 Å². The van der Waals surface area contributed by atoms with Crippen LogP contribution in [0.25, 0.3) is 10.6 Å². The molecule has 3 aromatic carbocycles. The molecule has 5 nitrogen and oxygen atoms in total. The van der Waals surface area contributed by atoms with Crippen LogP contribution in [0.4, 0.5) is 8.78 Å². The largest absolute Gasteiger partial charge is 0.308 e. The summed E-state index contributed by atoms with van der Waals surface area (Å²) in [5.41, 5.74) is 2.64. The van der Waals surface area contributed by atoms with Gasteiger partial charge >= 0.3 is 0 Å². The number of amides is 2. The van der Waals surface area contributed by atoms with Crippen LogP contribution < -0.4 is 5.32 Å². The maximum atomic E-state index is 14.7. The number of carbonyl (C=O) groups excluding carboxylic acids is 2. The summed E-state index contributed by atoms with van der Waals surface area (Å²) in [7, 11) is 0. The molecule has 206 valence electrons. The first-order chi connectivity index (χ1) is 19.1. The van der Waals surface area contributed by atoms with Crippen LogP contribution >= 0.6 is 11.3 Å². The molecule has 0 bridgehead atoms. The highest BCUT2D eigenvalue weighted by molar-refractivity contribution is 7.15. The molecule has 0 aliphatic carbocycles. The van der Waals surface area contributed by atoms with Gasteiger partial charge in [0.2, 0.25) is 0 Å². The van der Waals surface area contributed by atoms with Crippen molar-refractivity contribution in [2.75, 3.05) is 13.1 Å². The van der Waals surface area contributed by atoms with E-state index in [1.54, 1.807) is 24.3 Å². The number of hydrogen-bond donors (Lipinski definition) is 1. The van der Waals surface area contributed by atoms with Crippen molar-refractivity contribution in [3.63, 3.8) is 0 Å². The number of nitrogens with one attached hydrogen (secondary N) is 1. The molecule has 5 rings (SSSR count). The number of thiazole rings is 1. The van der Waals surface area contributed by atoms with Gasteiger partial charge in [0, 0.05) is 23.4 Å². The summed E-state index contributed by atoms with van der Waals surface area (Å²) in [6.45, 7) is 7.12. The van der Waals surface area contributed by atoms with E-state index >= 15 is 0 Å². The van der Waals surface area contributed by atoms with Gasteiger partial charge in [-0.25, -0.2) is 13.8 Å². The van der Waals surface area contributed by atoms with Crippen LogP contribution in [0, 0.1) is 17.0 Å². The number of aromatic nitrogens is 1. The zero-order chi connectivity index (χ0) is 28.4. The maximum Gasteiger partial charge on any atom is 0.261 e. The van der Waals surface area contributed by atoms with E-state index in [-0.39, 0.29) is 28.8 Å². The van der Waals surface area contributed by atoms with Gasteiger partial charge in [0.15, 0.2) is 0 Å². The number of benzene rings is 3. The maximum absolute atomic E-state index is 14.7. The first-order valence-electron chi connectivity index (χ1n) is 13.3. The Kier molecular flexibility index (Phi) is 7.92. The highest BCUT2D eigenvalue weighted by Crippen LogP contribution is 2.40. The van der Waals surface area contributed by atoms with Crippen molar-refractivity contribution >= 4 is 23.2 Å². The Hall–Kier alpha value is -3.75. The quantitative estimate of drug-likeness (QED) is 0.176. The van der Waals surface area contributed by atoms with Gasteiger partial charge in [-0.2, -0.15) is 0 Å². The lowest BCUT2D eigenvalue weighted by molar-refractivity contribution is 0.0651. The molecule has 40 heavy (non-hydrogen) atoms. The molecule has 0 saturated heterocycles. The normalized spacial score (nSPS) is 14.1. The molecule has 0 radical (unpaired) electrons. The SMILES string of the molecule is CC(C)(C)C(NCCCN1C(=O)c2ccccc2C1=O)c1nc(-c2cc(F)ccc2F)sc1Cc1ccccc1. The topological polar surface area (TPSA) is 62.3 Å². The molecule has 1 aromatic heterocycles. The molecule has 0 saturated carbocycles. The molecule has 0 spiro atoms. The summed E-state index contributed by atoms with van der Waals surface area (Å²) in [4.78, 5) is 32.6. The number of imide groups is 1. The number of fused-ring (bicyclic) bond motifs is 1. The van der Waals surface area contributed by atoms with Gasteiger partial charge in [0.25, 0.3) is 11.8 Å². The van der Waals surface area contributed by atoms with Gasteiger partial charge in [-0.3, -0.25) is 14.5 Å². The van der Waals surface area contributed by atoms with E-state index in [0.717, 1.165) is 28.3 Å². The van der Waals surface area contributed by atoms with E-state index in [9.17, 15) is 18.4 Å². The number of nitrogens with zero attached hydrogens (tertiary/aromatic N) is 2. The van der Waals surface area contributed by atoms with E-state index in [4.69, 9.17) is 4.98 Å². The summed E-state index contributed by atoms with van der Waals surface area (Å²) in [6, 6.07) is 20.1. The Bertz CT molecular complexity index is 1510. The fraction of sp³-hybridized carbons (Fsp3) is 0.281. The monoisotopic (exact) mass is 559 g/mol. The van der Waals surface area contributed by atoms with E-state index in [1.165, 1.54) is 22.3 Å². The molecule has 1 aliphatic heterocycles. The predicted octanol–water partition coefficient (Wildman–Crippen LogP) is 7.04. The van der Waals surface area contributed by atoms with Crippen LogP contribution in [0.1, 0.15) is 70.1 Å². The molecule has 8 heteroatoms. The van der Waals surface area contributed by atoms with Crippen LogP contribution in [0.3, 0.4) is 0 Å². The van der Waals surface area contributed by atoms with Crippen molar-refractivity contribution < 1.29 is 18.4 Å². The van der Waals surface area contributed by atoms with E-state index < -0.39 is 11.6 Å². The van der Waals surface area contributed by atoms with E-state index in [0.29, 0.717) is 42.1 Å². The van der Waals surface area contributed by atoms with Gasteiger partial charge < -0.3 is 5.32 Å². The van der Waals surface area contributed by atoms with Gasteiger partial charge in [-0.1, -0.05) is 63.2 Å². The second-order valence-corrected chi connectivity index (χ2v) is 12.1. The second-order valence-electron chi connectivity index (χ2n) is 11.0. The minimum atomic E-state index is -0.519. The highest BCUT2D eigenvalue weighted by Gasteiger charge is 2.35. The summed E-state index contributed by atoms with van der Waals surface area (Å²) in [6.07, 6.45) is 1.16. The number of carbonyl (C=O) groups is 2. The molecular weight excluding hydrogens is 528 g/mol. The third-order valence-corrected chi connectivity index (χ3v) is 8.12. The number of halogens is 2. The third-order valence-electron chi connectivity index (χ3n) is 7.02. The van der Waals surface area contributed by atoms with Crippen LogP contribution in [0.2, 0.25) is 0 Å². The molecular formula is C32H31F2N3O2S. The summed E-state index contributed by atoms with van der Waals surface area (Å²) in [5, 5.41) is 4.03. The Morgan fingerprint density at radius 1 is 0.900 bits per heavy atom. The fourth-order valence-electron chi connectivity index (χ4n) is 5.01. The summed E-state index contributed by atoms with van der Waals surface area (Å²) in [5.74, 6) is -1.57. The van der Waals surface area contributed by atoms with Crippen LogP contribution in [0.15, 0.2) is 72.8 Å². The molecule has 0 fully saturated rings. The van der Waals surface area contributed by atoms with Crippen molar-refractivity contribution in [1.82, 2.24) is 15.2 Å². The van der Waals surface area contributed by atoms with E-state index in [2.05, 4.69) is 26.1 Å². The molecule has 2 heterocycles. The van der Waals surface area contributed by atoms with Crippen molar-refractivity contribution in [2.24, 2.45) is 5.41 Å². The fourth-order valence-corrected chi connectivity index (χ4v) is 6.16. The van der Waals surface area contributed by atoms with Crippen molar-refractivity contribution in [3.05, 3.63) is 112 Å². The standard InChI is InChI=1S/C32H31F2N3O2S/c1-32(2,3)28(35-16-9-17-37-30(38)22-12-7-8-13-23(22)31(37)39)27-26(18-20-10-5-4-6-11-20)40-29(36-27)24-19-21(33)14-15-25(24)34/h4-8,10-15,19,28,35H,9,16-18H2,1-3H3. The molecule has 1 atom stereocenters. The first kappa shape index (κ1) is 27.8. The molecule has 2 amide bonds. The highest BCUT2D eigenvalue weighted by atomic mass is 32.1. The van der Waals surface area contributed by atoms with Crippen molar-refractivity contribution in [3.8, 4) is 10.6 Å². The minimum Gasteiger partial charge on any atom is -0.308 e. The van der Waals surface area contributed by atoms with Crippen LogP contribution in [0.5, 0.6) is 0 Å². The minimum absolute atomic E-state index is 0.142. The Morgan fingerprint density at radius 2 is 1.55 bits per heavy atom. The molecule has 4 aromatic rings. The first-order valence-corrected chi connectivity index (χ1v) is 14.1. The van der Waals surface area contributed by atoms with Gasteiger partial charge in [0.1, 0.15) is 16.6 Å². The Labute approximate surface area is 236 Å². The zero-order valence-corrected chi connectivity index (χ0v) is 23.5. The number of hydrogen-bond acceptors (Lipinski definition) is 5. The number of rotatable bonds is 9. The second kappa shape index (κ2) is 11.4. The smallest absolute Gasteiger partial charge is 0.261 e. The lowest BCUT2D eigenvalue weighted by atomic mass is 9.83. The van der Waals surface area contributed by atoms with Gasteiger partial charge in [-0.05, 0) is 54.3 Å². The van der Waals surface area contributed by atoms with E-state index in [1.807, 2.05) is 30.3 Å². The Balaban J connectivity index is 1.39. The van der Waals surface area contributed by atoms with Gasteiger partial charge in [0.05, 0.1) is 22.9 Å². The average molecular weight is 560 g/mol. The lowest BCUT2D eigenvalue weighted by Gasteiger charge is -2.31. The lowest BCUT2D eigenvalue weighted by Crippen LogP contribution is -2.36. The van der Waals surface area contributed by atoms with Gasteiger partial charge in [-0.15, -0.1) is 11.3 Å². The molecule has 1 unspecified atom stereocenters.